The summed E-state index contributed by atoms with van der Waals surface area (Å²) in [7, 11) is 0. The highest BCUT2D eigenvalue weighted by molar-refractivity contribution is 7.09. The van der Waals surface area contributed by atoms with Gasteiger partial charge in [-0.15, -0.1) is 11.3 Å². The van der Waals surface area contributed by atoms with Crippen molar-refractivity contribution in [3.8, 4) is 0 Å². The Morgan fingerprint density at radius 3 is 2.74 bits per heavy atom. The molecule has 0 aliphatic rings. The van der Waals surface area contributed by atoms with Crippen molar-refractivity contribution in [2.24, 2.45) is 0 Å². The number of nitrogens with one attached hydrogen (secondary N) is 1. The second-order valence-corrected chi connectivity index (χ2v) is 5.31. The van der Waals surface area contributed by atoms with Crippen LogP contribution in [-0.4, -0.2) is 37.0 Å². The summed E-state index contributed by atoms with van der Waals surface area (Å²) in [4.78, 5) is 4.32. The molecule has 0 bridgehead atoms. The third-order valence-electron chi connectivity index (χ3n) is 2.36. The number of hydrogen-bond donors (Lipinski definition) is 1. The van der Waals surface area contributed by atoms with E-state index in [0.717, 1.165) is 23.7 Å². The molecule has 1 heterocycles. The third kappa shape index (κ3) is 7.49. The molecule has 1 N–H and O–H groups in total. The average molecular weight is 296 g/mol. The van der Waals surface area contributed by atoms with Gasteiger partial charge in [0.1, 0.15) is 6.61 Å². The maximum Gasteiger partial charge on any atom is 0.411 e. The Balaban J connectivity index is 2.42. The Labute approximate surface area is 115 Å². The molecule has 0 radical (unpaired) electrons. The van der Waals surface area contributed by atoms with Gasteiger partial charge in [0.05, 0.1) is 11.6 Å². The number of aryl methyl sites for hydroxylation is 1. The van der Waals surface area contributed by atoms with E-state index in [4.69, 9.17) is 4.74 Å². The summed E-state index contributed by atoms with van der Waals surface area (Å²) in [6.45, 7) is 3.50. The number of alkyl halides is 3. The quantitative estimate of drug-likeness (QED) is 0.801. The zero-order valence-corrected chi connectivity index (χ0v) is 11.9. The summed E-state index contributed by atoms with van der Waals surface area (Å²) in [6, 6.07) is -0.132. The molecular weight excluding hydrogens is 277 g/mol. The van der Waals surface area contributed by atoms with Gasteiger partial charge in [-0.3, -0.25) is 0 Å². The molecule has 1 aromatic heterocycles. The lowest BCUT2D eigenvalue weighted by Crippen LogP contribution is -2.37. The van der Waals surface area contributed by atoms with Crippen LogP contribution in [0.15, 0.2) is 5.38 Å². The molecule has 0 aliphatic carbocycles. The summed E-state index contributed by atoms with van der Waals surface area (Å²) < 4.78 is 40.8. The van der Waals surface area contributed by atoms with Crippen LogP contribution in [0.2, 0.25) is 0 Å². The Morgan fingerprint density at radius 1 is 1.47 bits per heavy atom. The minimum Gasteiger partial charge on any atom is -0.370 e. The van der Waals surface area contributed by atoms with E-state index in [9.17, 15) is 13.2 Å². The van der Waals surface area contributed by atoms with Crippen LogP contribution < -0.4 is 5.32 Å². The molecule has 0 amide bonds. The molecule has 19 heavy (non-hydrogen) atoms. The van der Waals surface area contributed by atoms with Crippen molar-refractivity contribution in [1.82, 2.24) is 10.3 Å². The van der Waals surface area contributed by atoms with E-state index in [1.54, 1.807) is 0 Å². The van der Waals surface area contributed by atoms with Crippen molar-refractivity contribution in [3.63, 3.8) is 0 Å². The van der Waals surface area contributed by atoms with E-state index in [1.165, 1.54) is 11.3 Å². The molecular formula is C12H19F3N2OS. The van der Waals surface area contributed by atoms with Crippen LogP contribution in [-0.2, 0) is 11.2 Å². The van der Waals surface area contributed by atoms with Gasteiger partial charge in [0.15, 0.2) is 0 Å². The van der Waals surface area contributed by atoms with Crippen LogP contribution >= 0.6 is 11.3 Å². The van der Waals surface area contributed by atoms with E-state index in [0.29, 0.717) is 6.42 Å². The number of thiazole rings is 1. The standard InChI is InChI=1S/C12H19F3N2OS/c1-3-4-16-10(6-18-8-12(13,14)15)5-11-17-9(2)7-19-11/h7,10,16H,3-6,8H2,1-2H3. The van der Waals surface area contributed by atoms with Crippen molar-refractivity contribution in [3.05, 3.63) is 16.1 Å². The van der Waals surface area contributed by atoms with Gasteiger partial charge in [0.2, 0.25) is 0 Å². The second kappa shape index (κ2) is 7.81. The van der Waals surface area contributed by atoms with Crippen molar-refractivity contribution < 1.29 is 17.9 Å². The third-order valence-corrected chi connectivity index (χ3v) is 3.34. The summed E-state index contributed by atoms with van der Waals surface area (Å²) in [5.41, 5.74) is 0.936. The molecule has 0 fully saturated rings. The predicted octanol–water partition coefficient (Wildman–Crippen LogP) is 2.94. The van der Waals surface area contributed by atoms with Gasteiger partial charge in [-0.25, -0.2) is 4.98 Å². The first-order chi connectivity index (χ1) is 8.90. The zero-order valence-electron chi connectivity index (χ0n) is 11.1. The molecule has 110 valence electrons. The molecule has 7 heteroatoms. The van der Waals surface area contributed by atoms with Gasteiger partial charge < -0.3 is 10.1 Å². The largest absolute Gasteiger partial charge is 0.411 e. The first-order valence-corrected chi connectivity index (χ1v) is 7.07. The molecule has 0 aliphatic heterocycles. The maximum atomic E-state index is 12.0. The Hall–Kier alpha value is -0.660. The normalized spacial score (nSPS) is 13.7. The first-order valence-electron chi connectivity index (χ1n) is 6.19. The van der Waals surface area contributed by atoms with E-state index in [2.05, 4.69) is 10.3 Å². The second-order valence-electron chi connectivity index (χ2n) is 4.37. The van der Waals surface area contributed by atoms with Gasteiger partial charge in [-0.2, -0.15) is 13.2 Å². The van der Waals surface area contributed by atoms with E-state index in [1.807, 2.05) is 19.2 Å². The Kier molecular flexibility index (Phi) is 6.74. The number of rotatable bonds is 8. The van der Waals surface area contributed by atoms with Crippen molar-refractivity contribution in [2.75, 3.05) is 19.8 Å². The Morgan fingerprint density at radius 2 is 2.21 bits per heavy atom. The van der Waals surface area contributed by atoms with Gasteiger partial charge >= 0.3 is 6.18 Å². The average Bonchev–Trinajstić information content (AvgIpc) is 2.70. The summed E-state index contributed by atoms with van der Waals surface area (Å²) in [6.07, 6.45) is -2.75. The van der Waals surface area contributed by atoms with Crippen LogP contribution in [0, 0.1) is 6.92 Å². The van der Waals surface area contributed by atoms with Crippen LogP contribution in [0.3, 0.4) is 0 Å². The van der Waals surface area contributed by atoms with Crippen LogP contribution in [0.1, 0.15) is 24.0 Å². The fourth-order valence-electron chi connectivity index (χ4n) is 1.56. The summed E-state index contributed by atoms with van der Waals surface area (Å²) in [5.74, 6) is 0. The molecule has 0 saturated heterocycles. The van der Waals surface area contributed by atoms with Crippen LogP contribution in [0.4, 0.5) is 13.2 Å². The van der Waals surface area contributed by atoms with Crippen LogP contribution in [0.25, 0.3) is 0 Å². The lowest BCUT2D eigenvalue weighted by atomic mass is 10.2. The molecule has 0 spiro atoms. The minimum absolute atomic E-state index is 0.0398. The molecule has 1 unspecified atom stereocenters. The SMILES string of the molecule is CCCNC(COCC(F)(F)F)Cc1nc(C)cs1. The number of hydrogen-bond acceptors (Lipinski definition) is 4. The molecule has 1 aromatic rings. The van der Waals surface area contributed by atoms with Gasteiger partial charge in [0.25, 0.3) is 0 Å². The highest BCUT2D eigenvalue weighted by Crippen LogP contribution is 2.15. The number of aromatic nitrogens is 1. The fraction of sp³-hybridized carbons (Fsp3) is 0.750. The van der Waals surface area contributed by atoms with Gasteiger partial charge in [-0.05, 0) is 19.9 Å². The van der Waals surface area contributed by atoms with Crippen molar-refractivity contribution in [1.29, 1.82) is 0 Å². The molecule has 3 nitrogen and oxygen atoms in total. The molecule has 0 saturated carbocycles. The van der Waals surface area contributed by atoms with E-state index < -0.39 is 12.8 Å². The van der Waals surface area contributed by atoms with E-state index in [-0.39, 0.29) is 12.6 Å². The predicted molar refractivity (Wildman–Crippen MR) is 69.5 cm³/mol. The van der Waals surface area contributed by atoms with Crippen molar-refractivity contribution >= 4 is 11.3 Å². The zero-order chi connectivity index (χ0) is 14.3. The monoisotopic (exact) mass is 296 g/mol. The summed E-state index contributed by atoms with van der Waals surface area (Å²) in [5, 5.41) is 6.04. The maximum absolute atomic E-state index is 12.0. The van der Waals surface area contributed by atoms with Gasteiger partial charge in [0, 0.05) is 23.5 Å². The highest BCUT2D eigenvalue weighted by atomic mass is 32.1. The number of halogens is 3. The lowest BCUT2D eigenvalue weighted by molar-refractivity contribution is -0.175. The Bertz CT molecular complexity index is 368. The smallest absolute Gasteiger partial charge is 0.370 e. The first kappa shape index (κ1) is 16.4. The van der Waals surface area contributed by atoms with E-state index >= 15 is 0 Å². The molecule has 1 atom stereocenters. The number of nitrogens with zero attached hydrogens (tertiary/aromatic N) is 1. The highest BCUT2D eigenvalue weighted by Gasteiger charge is 2.28. The van der Waals surface area contributed by atoms with Gasteiger partial charge in [-0.1, -0.05) is 6.92 Å². The summed E-state index contributed by atoms with van der Waals surface area (Å²) >= 11 is 1.52. The molecule has 0 aromatic carbocycles. The fourth-order valence-corrected chi connectivity index (χ4v) is 2.42. The molecule has 1 rings (SSSR count). The lowest BCUT2D eigenvalue weighted by Gasteiger charge is -2.18. The van der Waals surface area contributed by atoms with Crippen molar-refractivity contribution in [2.45, 2.75) is 38.9 Å². The number of ether oxygens (including phenoxy) is 1. The van der Waals surface area contributed by atoms with Crippen LogP contribution in [0.5, 0.6) is 0 Å². The minimum atomic E-state index is -4.27. The topological polar surface area (TPSA) is 34.1 Å².